The quantitative estimate of drug-likeness (QED) is 0.549. The summed E-state index contributed by atoms with van der Waals surface area (Å²) in [6.07, 6.45) is 5.05. The molecule has 1 saturated heterocycles. The van der Waals surface area contributed by atoms with Crippen molar-refractivity contribution in [2.24, 2.45) is 11.8 Å². The zero-order valence-corrected chi connectivity index (χ0v) is 18.7. The molecule has 10 heteroatoms. The number of nitrogens with one attached hydrogen (secondary N) is 3. The second-order valence-corrected chi connectivity index (χ2v) is 9.33. The standard InChI is InChI=1S/C24H23ClF3N3O3/c25-18-20(23(33)31-22(18)32)29-11-14-7-8-15-19(12-4-2-1-3-5-12)30-17-9-6-13(24(26,27)28)10-16(17)21(15)34-14/h1-4,6,9-10,12,14-15,19,21,30H,5,7-8,11H2,(H2,29,31,32,33)/t12?,14-,15+,19+,21+/m1/s1. The van der Waals surface area contributed by atoms with Crippen molar-refractivity contribution in [3.05, 3.63) is 64.4 Å². The molecule has 3 heterocycles. The molecule has 2 amide bonds. The molecule has 3 N–H and O–H groups in total. The molecule has 1 aromatic rings. The second-order valence-electron chi connectivity index (χ2n) is 8.96. The van der Waals surface area contributed by atoms with Crippen LogP contribution in [0.5, 0.6) is 0 Å². The van der Waals surface area contributed by atoms with E-state index in [1.165, 1.54) is 12.1 Å². The fourth-order valence-electron chi connectivity index (χ4n) is 5.22. The van der Waals surface area contributed by atoms with E-state index in [0.717, 1.165) is 18.9 Å². The van der Waals surface area contributed by atoms with Gasteiger partial charge in [0, 0.05) is 35.7 Å². The number of hydrogen-bond acceptors (Lipinski definition) is 5. The fraction of sp³-hybridized carbons (Fsp3) is 0.417. The number of hydrogen-bond donors (Lipinski definition) is 3. The molecule has 5 atom stereocenters. The lowest BCUT2D eigenvalue weighted by Crippen LogP contribution is -2.48. The topological polar surface area (TPSA) is 79.5 Å². The largest absolute Gasteiger partial charge is 0.416 e. The Bertz CT molecular complexity index is 1110. The number of imide groups is 1. The van der Waals surface area contributed by atoms with Gasteiger partial charge in [-0.1, -0.05) is 35.9 Å². The molecule has 1 aliphatic carbocycles. The highest BCUT2D eigenvalue weighted by Crippen LogP contribution is 2.49. The number of anilines is 1. The first kappa shape index (κ1) is 23.0. The third-order valence-electron chi connectivity index (χ3n) is 6.87. The van der Waals surface area contributed by atoms with Gasteiger partial charge in [0.2, 0.25) is 0 Å². The van der Waals surface area contributed by atoms with Crippen LogP contribution < -0.4 is 16.0 Å². The molecule has 1 aromatic carbocycles. The summed E-state index contributed by atoms with van der Waals surface area (Å²) in [7, 11) is 0. The number of ether oxygens (including phenoxy) is 1. The zero-order chi connectivity index (χ0) is 24.0. The van der Waals surface area contributed by atoms with Crippen LogP contribution in [0.1, 0.15) is 36.5 Å². The van der Waals surface area contributed by atoms with E-state index >= 15 is 0 Å². The van der Waals surface area contributed by atoms with Crippen molar-refractivity contribution >= 4 is 29.1 Å². The van der Waals surface area contributed by atoms with Gasteiger partial charge in [-0.2, -0.15) is 13.2 Å². The third-order valence-corrected chi connectivity index (χ3v) is 7.23. The molecule has 1 fully saturated rings. The molecular formula is C24H23ClF3N3O3. The van der Waals surface area contributed by atoms with Crippen LogP contribution in [0.3, 0.4) is 0 Å². The van der Waals surface area contributed by atoms with E-state index in [0.29, 0.717) is 17.7 Å². The minimum atomic E-state index is -4.46. The lowest BCUT2D eigenvalue weighted by Gasteiger charge is -2.47. The SMILES string of the molecule is O=C1NC(=O)C(NC[C@H]2CC[C@@H]3[C@H](O2)c2cc(C(F)(F)F)ccc2N[C@H]3C2C=CC=CC2)=C1Cl. The first-order chi connectivity index (χ1) is 16.2. The van der Waals surface area contributed by atoms with Crippen LogP contribution in [-0.2, 0) is 20.5 Å². The first-order valence-corrected chi connectivity index (χ1v) is 11.6. The Morgan fingerprint density at radius 1 is 1.15 bits per heavy atom. The van der Waals surface area contributed by atoms with Crippen LogP contribution in [0.2, 0.25) is 0 Å². The average molecular weight is 494 g/mol. The molecule has 180 valence electrons. The van der Waals surface area contributed by atoms with Crippen molar-refractivity contribution in [3.8, 4) is 0 Å². The van der Waals surface area contributed by atoms with Crippen LogP contribution in [0.25, 0.3) is 0 Å². The lowest BCUT2D eigenvalue weighted by molar-refractivity contribution is -0.138. The van der Waals surface area contributed by atoms with Crippen LogP contribution in [0, 0.1) is 11.8 Å². The first-order valence-electron chi connectivity index (χ1n) is 11.2. The Labute approximate surface area is 199 Å². The molecule has 0 bridgehead atoms. The summed E-state index contributed by atoms with van der Waals surface area (Å²) in [5.74, 6) is -1.10. The fourth-order valence-corrected chi connectivity index (χ4v) is 5.42. The van der Waals surface area contributed by atoms with Crippen LogP contribution in [-0.4, -0.2) is 30.5 Å². The summed E-state index contributed by atoms with van der Waals surface area (Å²) >= 11 is 5.90. The molecule has 5 rings (SSSR count). The molecule has 3 aliphatic heterocycles. The maximum absolute atomic E-state index is 13.5. The third kappa shape index (κ3) is 4.22. The number of carbonyl (C=O) groups excluding carboxylic acids is 2. The van der Waals surface area contributed by atoms with Gasteiger partial charge in [-0.25, -0.2) is 0 Å². The Balaban J connectivity index is 1.41. The van der Waals surface area contributed by atoms with Gasteiger partial charge >= 0.3 is 6.18 Å². The lowest BCUT2D eigenvalue weighted by atomic mass is 9.73. The van der Waals surface area contributed by atoms with E-state index in [4.69, 9.17) is 16.3 Å². The number of benzene rings is 1. The highest BCUT2D eigenvalue weighted by atomic mass is 35.5. The number of allylic oxidation sites excluding steroid dienone is 3. The Morgan fingerprint density at radius 3 is 2.65 bits per heavy atom. The molecular weight excluding hydrogens is 471 g/mol. The van der Waals surface area contributed by atoms with Gasteiger partial charge in [0.05, 0.1) is 17.8 Å². The van der Waals surface area contributed by atoms with Crippen LogP contribution in [0.15, 0.2) is 53.2 Å². The summed E-state index contributed by atoms with van der Waals surface area (Å²) in [6.45, 7) is 0.202. The Kier molecular flexibility index (Phi) is 5.93. The molecule has 4 aliphatic rings. The van der Waals surface area contributed by atoms with Gasteiger partial charge in [0.15, 0.2) is 0 Å². The van der Waals surface area contributed by atoms with Gasteiger partial charge < -0.3 is 15.4 Å². The van der Waals surface area contributed by atoms with E-state index in [2.05, 4.69) is 28.1 Å². The van der Waals surface area contributed by atoms with Gasteiger partial charge in [0.1, 0.15) is 10.7 Å². The Morgan fingerprint density at radius 2 is 1.97 bits per heavy atom. The van der Waals surface area contributed by atoms with Crippen LogP contribution in [0.4, 0.5) is 18.9 Å². The number of alkyl halides is 3. The van der Waals surface area contributed by atoms with E-state index < -0.39 is 29.7 Å². The van der Waals surface area contributed by atoms with Crippen molar-refractivity contribution < 1.29 is 27.5 Å². The van der Waals surface area contributed by atoms with E-state index in [9.17, 15) is 22.8 Å². The van der Waals surface area contributed by atoms with E-state index in [1.807, 2.05) is 12.2 Å². The normalized spacial score (nSPS) is 30.5. The number of amides is 2. The van der Waals surface area contributed by atoms with Gasteiger partial charge in [-0.05, 0) is 37.5 Å². The summed E-state index contributed by atoms with van der Waals surface area (Å²) in [6, 6.07) is 3.75. The van der Waals surface area contributed by atoms with Crippen LogP contribution >= 0.6 is 11.6 Å². The second kappa shape index (κ2) is 8.78. The maximum Gasteiger partial charge on any atom is 0.416 e. The van der Waals surface area contributed by atoms with Crippen molar-refractivity contribution in [3.63, 3.8) is 0 Å². The number of halogens is 4. The predicted octanol–water partition coefficient (Wildman–Crippen LogP) is 4.16. The van der Waals surface area contributed by atoms with E-state index in [1.54, 1.807) is 0 Å². The summed E-state index contributed by atoms with van der Waals surface area (Å²) < 4.78 is 46.7. The predicted molar refractivity (Wildman–Crippen MR) is 120 cm³/mol. The van der Waals surface area contributed by atoms with Crippen molar-refractivity contribution in [1.82, 2.24) is 10.6 Å². The average Bonchev–Trinajstić information content (AvgIpc) is 3.07. The Hall–Kier alpha value is -2.78. The molecule has 34 heavy (non-hydrogen) atoms. The zero-order valence-electron chi connectivity index (χ0n) is 18.0. The number of fused-ring (bicyclic) bond motifs is 3. The molecule has 0 spiro atoms. The minimum absolute atomic E-state index is 0.0136. The van der Waals surface area contributed by atoms with Gasteiger partial charge in [0.25, 0.3) is 11.8 Å². The number of carbonyl (C=O) groups is 2. The van der Waals surface area contributed by atoms with Crippen molar-refractivity contribution in [1.29, 1.82) is 0 Å². The van der Waals surface area contributed by atoms with E-state index in [-0.39, 0.29) is 41.3 Å². The molecule has 0 saturated carbocycles. The van der Waals surface area contributed by atoms with Crippen molar-refractivity contribution in [2.75, 3.05) is 11.9 Å². The van der Waals surface area contributed by atoms with Crippen molar-refractivity contribution in [2.45, 2.75) is 43.7 Å². The van der Waals surface area contributed by atoms with Gasteiger partial charge in [-0.15, -0.1) is 0 Å². The van der Waals surface area contributed by atoms with Gasteiger partial charge in [-0.3, -0.25) is 14.9 Å². The highest BCUT2D eigenvalue weighted by molar-refractivity contribution is 6.47. The minimum Gasteiger partial charge on any atom is -0.381 e. The molecule has 0 aromatic heterocycles. The monoisotopic (exact) mass is 493 g/mol. The summed E-state index contributed by atoms with van der Waals surface area (Å²) in [5.41, 5.74) is 0.400. The molecule has 6 nitrogen and oxygen atoms in total. The maximum atomic E-state index is 13.5. The molecule has 0 radical (unpaired) electrons. The molecule has 1 unspecified atom stereocenters. The summed E-state index contributed by atoms with van der Waals surface area (Å²) in [4.78, 5) is 23.5. The number of rotatable bonds is 4. The highest BCUT2D eigenvalue weighted by Gasteiger charge is 2.45. The summed E-state index contributed by atoms with van der Waals surface area (Å²) in [5, 5.41) is 8.27. The smallest absolute Gasteiger partial charge is 0.381 e.